The number of benzene rings is 1. The third-order valence-corrected chi connectivity index (χ3v) is 3.41. The Morgan fingerprint density at radius 1 is 1.14 bits per heavy atom. The van der Waals surface area contributed by atoms with Crippen LogP contribution in [0.3, 0.4) is 0 Å². The molecule has 1 amide bonds. The van der Waals surface area contributed by atoms with E-state index in [0.717, 1.165) is 23.8 Å². The molecule has 0 bridgehead atoms. The Kier molecular flexibility index (Phi) is 9.11. The zero-order valence-electron chi connectivity index (χ0n) is 12.7. The summed E-state index contributed by atoms with van der Waals surface area (Å²) in [4.78, 5) is 15.8. The Labute approximate surface area is 131 Å². The van der Waals surface area contributed by atoms with Gasteiger partial charge < -0.3 is 16.0 Å². The van der Waals surface area contributed by atoms with Crippen LogP contribution >= 0.6 is 11.8 Å². The van der Waals surface area contributed by atoms with Crippen molar-refractivity contribution in [2.75, 3.05) is 32.1 Å². The molecule has 0 aliphatic rings. The van der Waals surface area contributed by atoms with Crippen molar-refractivity contribution in [3.63, 3.8) is 0 Å². The number of hydrogen-bond donors (Lipinski definition) is 3. The lowest BCUT2D eigenvalue weighted by Crippen LogP contribution is -2.40. The zero-order chi connectivity index (χ0) is 15.3. The molecule has 0 radical (unpaired) electrons. The van der Waals surface area contributed by atoms with Crippen LogP contribution in [0.5, 0.6) is 0 Å². The first kappa shape index (κ1) is 17.4. The maximum atomic E-state index is 11.7. The number of aliphatic imine (C=N–C) groups is 1. The van der Waals surface area contributed by atoms with Crippen LogP contribution in [0, 0.1) is 0 Å². The molecule has 0 spiro atoms. The fourth-order valence-electron chi connectivity index (χ4n) is 1.67. The van der Waals surface area contributed by atoms with Gasteiger partial charge in [-0.15, -0.1) is 0 Å². The van der Waals surface area contributed by atoms with E-state index in [9.17, 15) is 4.79 Å². The van der Waals surface area contributed by atoms with E-state index in [4.69, 9.17) is 0 Å². The maximum Gasteiger partial charge on any atom is 0.222 e. The van der Waals surface area contributed by atoms with Gasteiger partial charge in [0, 0.05) is 38.9 Å². The summed E-state index contributed by atoms with van der Waals surface area (Å²) in [6, 6.07) is 9.89. The molecule has 0 unspecified atom stereocenters. The van der Waals surface area contributed by atoms with Crippen molar-refractivity contribution in [1.82, 2.24) is 16.0 Å². The number of nitrogens with one attached hydrogen (secondary N) is 3. The summed E-state index contributed by atoms with van der Waals surface area (Å²) >= 11 is 1.78. The van der Waals surface area contributed by atoms with Gasteiger partial charge in [-0.1, -0.05) is 30.3 Å². The Balaban J connectivity index is 2.15. The smallest absolute Gasteiger partial charge is 0.222 e. The predicted octanol–water partition coefficient (Wildman–Crippen LogP) is 1.22. The molecule has 21 heavy (non-hydrogen) atoms. The normalized spacial score (nSPS) is 11.0. The Bertz CT molecular complexity index is 437. The fourth-order valence-corrected chi connectivity index (χ4v) is 1.98. The molecule has 0 aliphatic heterocycles. The average molecular weight is 308 g/mol. The van der Waals surface area contributed by atoms with Crippen LogP contribution in [0.1, 0.15) is 12.0 Å². The first-order valence-electron chi connectivity index (χ1n) is 7.00. The monoisotopic (exact) mass is 308 g/mol. The molecule has 1 rings (SSSR count). The summed E-state index contributed by atoms with van der Waals surface area (Å²) in [5.41, 5.74) is 1.10. The summed E-state index contributed by atoms with van der Waals surface area (Å²) in [5.74, 6) is 1.80. The molecule has 0 saturated carbocycles. The van der Waals surface area contributed by atoms with Gasteiger partial charge in [0.1, 0.15) is 0 Å². The molecule has 3 N–H and O–H groups in total. The lowest BCUT2D eigenvalue weighted by Gasteiger charge is -2.11. The van der Waals surface area contributed by atoms with E-state index < -0.39 is 0 Å². The number of hydrogen-bond acceptors (Lipinski definition) is 3. The Hall–Kier alpha value is -1.69. The SMILES string of the molecule is CN=C(NCCSC)NCCC(=O)NCc1ccccc1. The van der Waals surface area contributed by atoms with Crippen molar-refractivity contribution >= 4 is 23.6 Å². The van der Waals surface area contributed by atoms with Crippen LogP contribution < -0.4 is 16.0 Å². The van der Waals surface area contributed by atoms with Gasteiger partial charge in [0.25, 0.3) is 0 Å². The Morgan fingerprint density at radius 3 is 2.52 bits per heavy atom. The van der Waals surface area contributed by atoms with Crippen LogP contribution in [-0.2, 0) is 11.3 Å². The van der Waals surface area contributed by atoms with Gasteiger partial charge in [-0.2, -0.15) is 11.8 Å². The lowest BCUT2D eigenvalue weighted by molar-refractivity contribution is -0.121. The molecule has 1 aromatic rings. The molecule has 5 nitrogen and oxygen atoms in total. The van der Waals surface area contributed by atoms with Gasteiger partial charge in [0.05, 0.1) is 0 Å². The minimum absolute atomic E-state index is 0.0333. The van der Waals surface area contributed by atoms with Gasteiger partial charge in [-0.05, 0) is 11.8 Å². The second-order valence-electron chi connectivity index (χ2n) is 4.43. The highest BCUT2D eigenvalue weighted by molar-refractivity contribution is 7.98. The predicted molar refractivity (Wildman–Crippen MR) is 90.7 cm³/mol. The molecule has 1 aromatic carbocycles. The summed E-state index contributed by atoms with van der Waals surface area (Å²) in [7, 11) is 1.73. The lowest BCUT2D eigenvalue weighted by atomic mass is 10.2. The average Bonchev–Trinajstić information content (AvgIpc) is 2.52. The Morgan fingerprint density at radius 2 is 1.86 bits per heavy atom. The van der Waals surface area contributed by atoms with Gasteiger partial charge >= 0.3 is 0 Å². The van der Waals surface area contributed by atoms with E-state index in [-0.39, 0.29) is 5.91 Å². The molecule has 116 valence electrons. The minimum Gasteiger partial charge on any atom is -0.356 e. The van der Waals surface area contributed by atoms with Crippen LogP contribution in [0.2, 0.25) is 0 Å². The van der Waals surface area contributed by atoms with Crippen LogP contribution in [-0.4, -0.2) is 44.0 Å². The highest BCUT2D eigenvalue weighted by Crippen LogP contribution is 1.97. The standard InChI is InChI=1S/C15H24N4OS/c1-16-15(18-10-11-21-2)17-9-8-14(20)19-12-13-6-4-3-5-7-13/h3-7H,8-12H2,1-2H3,(H,19,20)(H2,16,17,18). The summed E-state index contributed by atoms with van der Waals surface area (Å²) in [6.07, 6.45) is 2.49. The molecule has 6 heteroatoms. The summed E-state index contributed by atoms with van der Waals surface area (Å²) in [5, 5.41) is 9.21. The number of thioether (sulfide) groups is 1. The third-order valence-electron chi connectivity index (χ3n) is 2.80. The van der Waals surface area contributed by atoms with E-state index >= 15 is 0 Å². The van der Waals surface area contributed by atoms with Crippen molar-refractivity contribution in [3.8, 4) is 0 Å². The van der Waals surface area contributed by atoms with E-state index in [2.05, 4.69) is 27.2 Å². The molecule has 0 heterocycles. The van der Waals surface area contributed by atoms with Crippen molar-refractivity contribution in [2.24, 2.45) is 4.99 Å². The van der Waals surface area contributed by atoms with Gasteiger partial charge in [0.15, 0.2) is 5.96 Å². The summed E-state index contributed by atoms with van der Waals surface area (Å²) < 4.78 is 0. The highest BCUT2D eigenvalue weighted by Gasteiger charge is 2.02. The maximum absolute atomic E-state index is 11.7. The molecular weight excluding hydrogens is 284 g/mol. The molecule has 0 fully saturated rings. The molecule has 0 aromatic heterocycles. The van der Waals surface area contributed by atoms with Crippen LogP contribution in [0.4, 0.5) is 0 Å². The molecule has 0 saturated heterocycles. The second-order valence-corrected chi connectivity index (χ2v) is 5.42. The molecule has 0 atom stereocenters. The summed E-state index contributed by atoms with van der Waals surface area (Å²) in [6.45, 7) is 2.00. The number of carbonyl (C=O) groups excluding carboxylic acids is 1. The topological polar surface area (TPSA) is 65.5 Å². The van der Waals surface area contributed by atoms with E-state index in [1.54, 1.807) is 18.8 Å². The quantitative estimate of drug-likeness (QED) is 0.384. The number of carbonyl (C=O) groups is 1. The van der Waals surface area contributed by atoms with Crippen molar-refractivity contribution in [1.29, 1.82) is 0 Å². The second kappa shape index (κ2) is 11.0. The first-order valence-corrected chi connectivity index (χ1v) is 8.39. The third kappa shape index (κ3) is 8.24. The number of guanidine groups is 1. The molecular formula is C15H24N4OS. The van der Waals surface area contributed by atoms with Crippen LogP contribution in [0.15, 0.2) is 35.3 Å². The van der Waals surface area contributed by atoms with Gasteiger partial charge in [0.2, 0.25) is 5.91 Å². The van der Waals surface area contributed by atoms with Gasteiger partial charge in [-0.25, -0.2) is 0 Å². The van der Waals surface area contributed by atoms with E-state index in [1.165, 1.54) is 0 Å². The first-order chi connectivity index (χ1) is 10.3. The molecule has 0 aliphatic carbocycles. The number of nitrogens with zero attached hydrogens (tertiary/aromatic N) is 1. The van der Waals surface area contributed by atoms with Crippen molar-refractivity contribution in [2.45, 2.75) is 13.0 Å². The van der Waals surface area contributed by atoms with Crippen molar-refractivity contribution in [3.05, 3.63) is 35.9 Å². The highest BCUT2D eigenvalue weighted by atomic mass is 32.2. The van der Waals surface area contributed by atoms with Crippen LogP contribution in [0.25, 0.3) is 0 Å². The van der Waals surface area contributed by atoms with E-state index in [0.29, 0.717) is 19.5 Å². The minimum atomic E-state index is 0.0333. The largest absolute Gasteiger partial charge is 0.356 e. The van der Waals surface area contributed by atoms with E-state index in [1.807, 2.05) is 30.3 Å². The number of rotatable bonds is 8. The fraction of sp³-hybridized carbons (Fsp3) is 0.467. The van der Waals surface area contributed by atoms with Crippen molar-refractivity contribution < 1.29 is 4.79 Å². The zero-order valence-corrected chi connectivity index (χ0v) is 13.5. The number of amides is 1. The van der Waals surface area contributed by atoms with Gasteiger partial charge in [-0.3, -0.25) is 9.79 Å².